The normalized spacial score (nSPS) is 12.4. The van der Waals surface area contributed by atoms with Gasteiger partial charge in [-0.15, -0.1) is 10.2 Å². The molecule has 0 fully saturated rings. The molecule has 842 valence electrons. The van der Waals surface area contributed by atoms with Crippen molar-refractivity contribution in [3.8, 4) is 5.75 Å². The number of nitrogens with one attached hydrogen (secondary N) is 7. The van der Waals surface area contributed by atoms with Gasteiger partial charge in [0, 0.05) is 167 Å². The van der Waals surface area contributed by atoms with Crippen molar-refractivity contribution in [3.63, 3.8) is 0 Å². The van der Waals surface area contributed by atoms with Gasteiger partial charge in [-0.05, 0) is 97.9 Å². The summed E-state index contributed by atoms with van der Waals surface area (Å²) < 4.78 is 112. The summed E-state index contributed by atoms with van der Waals surface area (Å²) in [5, 5.41) is 27.6. The van der Waals surface area contributed by atoms with E-state index in [2.05, 4.69) is 66.7 Å². The number of methoxy groups -OCH3 is 8. The molecular formula is C95H160N10O42. The van der Waals surface area contributed by atoms with Crippen LogP contribution in [-0.2, 0) is 183 Å². The third-order valence-electron chi connectivity index (χ3n) is 17.6. The summed E-state index contributed by atoms with van der Waals surface area (Å²) in [5.74, 6) is -5.19. The first-order valence-electron chi connectivity index (χ1n) is 46.4. The molecule has 147 heavy (non-hydrogen) atoms. The van der Waals surface area contributed by atoms with E-state index in [0.29, 0.717) is 107 Å². The van der Waals surface area contributed by atoms with Crippen LogP contribution in [0.2, 0.25) is 0 Å². The second-order valence-corrected chi connectivity index (χ2v) is 31.3. The number of amides is 6. The lowest BCUT2D eigenvalue weighted by Gasteiger charge is -2.34. The maximum atomic E-state index is 12.2. The van der Waals surface area contributed by atoms with Gasteiger partial charge in [-0.25, -0.2) is 19.2 Å². The summed E-state index contributed by atoms with van der Waals surface area (Å²) in [6, 6.07) is 6.30. The van der Waals surface area contributed by atoms with Crippen molar-refractivity contribution in [1.29, 1.82) is 0 Å². The zero-order valence-electron chi connectivity index (χ0n) is 90.0. The van der Waals surface area contributed by atoms with Crippen molar-refractivity contribution in [3.05, 3.63) is 47.3 Å². The van der Waals surface area contributed by atoms with Crippen LogP contribution in [0.3, 0.4) is 0 Å². The molecule has 0 aliphatic heterocycles. The van der Waals surface area contributed by atoms with E-state index in [9.17, 15) is 95.9 Å². The lowest BCUT2D eigenvalue weighted by molar-refractivity contribution is -0.180. The summed E-state index contributed by atoms with van der Waals surface area (Å²) in [5.41, 5.74) is 0.971. The second kappa shape index (κ2) is 94.4. The number of hydrogen-bond acceptors (Lipinski definition) is 45. The van der Waals surface area contributed by atoms with Gasteiger partial charge in [0.15, 0.2) is 46.9 Å². The fourth-order valence-corrected chi connectivity index (χ4v) is 10.9. The van der Waals surface area contributed by atoms with Gasteiger partial charge in [0.25, 0.3) is 0 Å². The zero-order chi connectivity index (χ0) is 113. The standard InChI is InChI=1S/C24H32O10.C16H23NO7.C16H32O8.C11H20N2O5.C10H18N2O6.C6H13NO2.C4H6N4O.C4H8O2.C4H8O/c1-15(25)10-34-23-8-6-7-20(9-23)24(21(11-30-16(2)26)12-31-17(3)27)22(13-32-18(4)28)14-33-19(5)29;1-5-6-17-16(21)12-7-13(22-9(2)18)15(24-11(4)20)14(8-12)23-10(3)19;1-13(17)6-22-16(11-23-14(7-18-2)8-19-3)12-24-15(9-20-4)10-21-5;1-8(14)9(13-11(16)18-3)6-4-5-7-12-10(15)17-2;1-7(13)4-16-8(5-17-9(14)11-2)6-18-10(15)12-3;1-3-6(8)7-4-5-9-2;1-3(9)2-4-5-7-8-6-4;1-4(5)3-6-2;1-3-4(2)5/h6-9,21-22,24H,10-14H2,1-5H3;7,13-15H,5-6,8H2,1-4H3,(H,17,21);14-16H,6-12H2,1-5H3;9H,4-7H2,1-3H3,(H,12,15)(H,13,16);8H,4-6H2,1-3H3,(H,11,14)(H,12,15);3-5H2,1-2H3,(H,7,8);2H2,1H3,(H,5,6,7,8);3H2,1-2H3;3H2,1-2H3/t;13-,14-,15-;;;;;;;/m.1......./s1. The number of aromatic nitrogens is 4. The van der Waals surface area contributed by atoms with Gasteiger partial charge >= 0.3 is 66.2 Å². The number of rotatable bonds is 60. The van der Waals surface area contributed by atoms with Gasteiger partial charge in [-0.1, -0.05) is 38.1 Å². The Morgan fingerprint density at radius 2 is 0.871 bits per heavy atom. The van der Waals surface area contributed by atoms with Crippen LogP contribution in [0.25, 0.3) is 0 Å². The number of hydrogen-bond donors (Lipinski definition) is 7. The number of Topliss-reactive ketones (excluding diaryl/α,β-unsaturated/α-hetero) is 7. The number of tetrazole rings is 1. The van der Waals surface area contributed by atoms with E-state index >= 15 is 0 Å². The molecule has 0 saturated carbocycles. The molecule has 2 aromatic rings. The van der Waals surface area contributed by atoms with Gasteiger partial charge in [0.1, 0.15) is 87.5 Å². The van der Waals surface area contributed by atoms with Crippen molar-refractivity contribution >= 4 is 118 Å². The number of benzene rings is 1. The van der Waals surface area contributed by atoms with E-state index in [4.69, 9.17) is 90.0 Å². The van der Waals surface area contributed by atoms with Crippen molar-refractivity contribution in [2.24, 2.45) is 11.8 Å². The van der Waals surface area contributed by atoms with E-state index < -0.39 is 114 Å². The van der Waals surface area contributed by atoms with Gasteiger partial charge < -0.3 is 141 Å². The monoisotopic (exact) mass is 2110 g/mol. The summed E-state index contributed by atoms with van der Waals surface area (Å²) in [7, 11) is 14.9. The van der Waals surface area contributed by atoms with Crippen LogP contribution in [-0.4, -0.2) is 391 Å². The summed E-state index contributed by atoms with van der Waals surface area (Å²) in [6.07, 6.45) is -1.17. The molecule has 6 amide bonds. The van der Waals surface area contributed by atoms with Crippen molar-refractivity contribution < 1.29 is 200 Å². The molecule has 3 rings (SSSR count). The smallest absolute Gasteiger partial charge is 0.407 e. The number of nitrogens with zero attached hydrogens (tertiary/aromatic N) is 3. The first-order chi connectivity index (χ1) is 69.4. The van der Waals surface area contributed by atoms with E-state index in [1.165, 1.54) is 132 Å². The Morgan fingerprint density at radius 1 is 0.422 bits per heavy atom. The lowest BCUT2D eigenvalue weighted by Crippen LogP contribution is -2.48. The third kappa shape index (κ3) is 90.7. The molecule has 0 spiro atoms. The number of unbranched alkanes of at least 4 members (excludes halogenated alkanes) is 1. The first kappa shape index (κ1) is 145. The minimum atomic E-state index is -1.01. The second-order valence-electron chi connectivity index (χ2n) is 31.3. The largest absolute Gasteiger partial charge is 0.486 e. The quantitative estimate of drug-likeness (QED) is 0.0274. The number of esters is 7. The maximum absolute atomic E-state index is 12.2. The molecule has 52 heteroatoms. The Morgan fingerprint density at radius 3 is 1.22 bits per heavy atom. The number of aromatic amines is 1. The fraction of sp³-hybridized carbons (Fsp3) is 0.695. The summed E-state index contributed by atoms with van der Waals surface area (Å²) in [4.78, 5) is 221. The Bertz CT molecular complexity index is 3990. The van der Waals surface area contributed by atoms with E-state index in [1.807, 2.05) is 20.8 Å². The van der Waals surface area contributed by atoms with E-state index in [0.717, 1.165) is 6.42 Å². The van der Waals surface area contributed by atoms with Gasteiger partial charge in [-0.3, -0.25) is 71.9 Å². The molecule has 0 bridgehead atoms. The Balaban J connectivity index is -0.000000400. The minimum absolute atomic E-state index is 0.00975. The van der Waals surface area contributed by atoms with Crippen molar-refractivity contribution in [2.75, 3.05) is 203 Å². The van der Waals surface area contributed by atoms with Crippen molar-refractivity contribution in [1.82, 2.24) is 52.5 Å². The SMILES string of the molecule is CC(=O)COc1cccc(C(C(COC(C)=O)COC(C)=O)C(COC(C)=O)COC(C)=O)c1.CC(=O)Cc1nn[nH]n1.CCC(=O)NCCOC.CCC(C)=O.CCCNC(=O)C1=C[C@@H](OC(C)=O)[C@@H](OC(C)=O)[C@H](OC(C)=O)C1.CNC(=O)OCC(COC(=O)NC)OCC(C)=O.COC(=O)NCCCCC(NC(=O)OC)C(C)=O.COCC(C)=O.COCC(COC)OCC(COC(COC)COC)OCC(C)=O. The molecule has 1 unspecified atom stereocenters. The molecule has 1 aliphatic rings. The van der Waals surface area contributed by atoms with Crippen LogP contribution >= 0.6 is 0 Å². The molecule has 1 heterocycles. The molecule has 1 aromatic heterocycles. The van der Waals surface area contributed by atoms with Crippen molar-refractivity contribution in [2.45, 2.75) is 224 Å². The number of ether oxygens (including phenoxy) is 22. The molecule has 4 atom stereocenters. The summed E-state index contributed by atoms with van der Waals surface area (Å²) >= 11 is 0. The van der Waals surface area contributed by atoms with Gasteiger partial charge in [0.05, 0.1) is 99.4 Å². The highest BCUT2D eigenvalue weighted by molar-refractivity contribution is 5.94. The zero-order valence-corrected chi connectivity index (χ0v) is 90.0. The topological polar surface area (TPSA) is 671 Å². The molecule has 1 aromatic carbocycles. The molecule has 1 aliphatic carbocycles. The molecule has 0 saturated heterocycles. The van der Waals surface area contributed by atoms with Crippen LogP contribution in [0.1, 0.15) is 180 Å². The predicted molar refractivity (Wildman–Crippen MR) is 522 cm³/mol. The minimum Gasteiger partial charge on any atom is -0.486 e. The van der Waals surface area contributed by atoms with Crippen LogP contribution < -0.4 is 36.6 Å². The maximum Gasteiger partial charge on any atom is 0.407 e. The average molecular weight is 2110 g/mol. The molecule has 0 radical (unpaired) electrons. The highest BCUT2D eigenvalue weighted by Crippen LogP contribution is 2.36. The average Bonchev–Trinajstić information content (AvgIpc) is 1.14. The van der Waals surface area contributed by atoms with Crippen LogP contribution in [0.5, 0.6) is 5.75 Å². The van der Waals surface area contributed by atoms with E-state index in [-0.39, 0.29) is 163 Å². The first-order valence-corrected chi connectivity index (χ1v) is 46.4. The van der Waals surface area contributed by atoms with Crippen LogP contribution in [0, 0.1) is 11.8 Å². The highest BCUT2D eigenvalue weighted by Gasteiger charge is 2.42. The number of carbonyl (C=O) groups excluding carboxylic acids is 20. The molecular weight excluding hydrogens is 1950 g/mol. The number of alkyl carbamates (subject to hydrolysis) is 4. The third-order valence-corrected chi connectivity index (χ3v) is 17.6. The van der Waals surface area contributed by atoms with Crippen LogP contribution in [0.15, 0.2) is 35.9 Å². The number of ketones is 7. The van der Waals surface area contributed by atoms with Crippen LogP contribution in [0.4, 0.5) is 19.2 Å². The fourth-order valence-electron chi connectivity index (χ4n) is 10.9. The Hall–Kier alpha value is -12.6. The van der Waals surface area contributed by atoms with E-state index in [1.54, 1.807) is 66.7 Å². The highest BCUT2D eigenvalue weighted by atomic mass is 16.6. The number of carbonyl (C=O) groups is 20. The molecule has 7 N–H and O–H groups in total. The lowest BCUT2D eigenvalue weighted by atomic mass is 9.77. The Labute approximate surface area is 859 Å². The van der Waals surface area contributed by atoms with Gasteiger partial charge in [0.2, 0.25) is 11.8 Å². The number of H-pyrrole nitrogens is 1. The molecule has 52 nitrogen and oxygen atoms in total. The van der Waals surface area contributed by atoms with Gasteiger partial charge in [-0.2, -0.15) is 5.21 Å². The summed E-state index contributed by atoms with van der Waals surface area (Å²) in [6.45, 7) is 28.0. The predicted octanol–water partition coefficient (Wildman–Crippen LogP) is 4.37. The Kier molecular flexibility index (Phi) is 93.2.